The molecular weight excluding hydrogens is 204 g/mol. The summed E-state index contributed by atoms with van der Waals surface area (Å²) in [5, 5.41) is 0.402. The van der Waals surface area contributed by atoms with Gasteiger partial charge in [0, 0.05) is 6.20 Å². The van der Waals surface area contributed by atoms with Crippen LogP contribution < -0.4 is 5.73 Å². The van der Waals surface area contributed by atoms with E-state index in [0.29, 0.717) is 23.0 Å². The lowest BCUT2D eigenvalue weighted by molar-refractivity contribution is -0.142. The van der Waals surface area contributed by atoms with Crippen molar-refractivity contribution >= 4 is 23.3 Å². The molecule has 1 aromatic rings. The van der Waals surface area contributed by atoms with Gasteiger partial charge in [-0.15, -0.1) is 0 Å². The van der Waals surface area contributed by atoms with Crippen LogP contribution in [0.5, 0.6) is 0 Å². The van der Waals surface area contributed by atoms with Gasteiger partial charge >= 0.3 is 5.97 Å². The van der Waals surface area contributed by atoms with Gasteiger partial charge in [-0.25, -0.2) is 0 Å². The lowest BCUT2D eigenvalue weighted by atomic mass is 10.2. The predicted molar refractivity (Wildman–Crippen MR) is 54.0 cm³/mol. The Morgan fingerprint density at radius 2 is 2.43 bits per heavy atom. The molecule has 1 heterocycles. The number of ether oxygens (including phenoxy) is 1. The smallest absolute Gasteiger partial charge is 0.311 e. The van der Waals surface area contributed by atoms with Crippen LogP contribution in [0.15, 0.2) is 12.3 Å². The summed E-state index contributed by atoms with van der Waals surface area (Å²) in [5.74, 6) is -0.353. The summed E-state index contributed by atoms with van der Waals surface area (Å²) in [7, 11) is 0. The van der Waals surface area contributed by atoms with E-state index in [1.54, 1.807) is 13.0 Å². The first-order valence-electron chi connectivity index (χ1n) is 4.19. The highest BCUT2D eigenvalue weighted by atomic mass is 35.5. The van der Waals surface area contributed by atoms with Crippen LogP contribution in [-0.4, -0.2) is 17.6 Å². The second kappa shape index (κ2) is 4.81. The highest BCUT2D eigenvalue weighted by Gasteiger charge is 2.10. The lowest BCUT2D eigenvalue weighted by Crippen LogP contribution is -2.10. The topological polar surface area (TPSA) is 65.2 Å². The number of hydrogen-bond donors (Lipinski definition) is 1. The van der Waals surface area contributed by atoms with E-state index in [2.05, 4.69) is 4.98 Å². The first-order chi connectivity index (χ1) is 6.65. The second-order valence-corrected chi connectivity index (χ2v) is 3.04. The van der Waals surface area contributed by atoms with Gasteiger partial charge in [-0.1, -0.05) is 11.6 Å². The number of esters is 1. The van der Waals surface area contributed by atoms with Gasteiger partial charge in [-0.05, 0) is 13.0 Å². The molecule has 0 aliphatic rings. The van der Waals surface area contributed by atoms with Crippen LogP contribution in [-0.2, 0) is 16.0 Å². The number of anilines is 1. The Hall–Kier alpha value is -1.29. The van der Waals surface area contributed by atoms with Gasteiger partial charge in [0.2, 0.25) is 0 Å². The fourth-order valence-electron chi connectivity index (χ4n) is 0.979. The molecule has 1 rings (SSSR count). The quantitative estimate of drug-likeness (QED) is 0.773. The number of rotatable bonds is 3. The first-order valence-corrected chi connectivity index (χ1v) is 4.57. The molecule has 0 aliphatic heterocycles. The number of nitrogens with two attached hydrogens (primary N) is 1. The summed E-state index contributed by atoms with van der Waals surface area (Å²) >= 11 is 5.76. The minimum atomic E-state index is -0.353. The molecule has 2 N–H and O–H groups in total. The Balaban J connectivity index is 2.76. The molecular formula is C9H11ClN2O2. The molecule has 0 atom stereocenters. The molecule has 0 radical (unpaired) electrons. The average Bonchev–Trinajstić information content (AvgIpc) is 2.13. The third-order valence-corrected chi connectivity index (χ3v) is 1.97. The van der Waals surface area contributed by atoms with Crippen LogP contribution in [0, 0.1) is 0 Å². The van der Waals surface area contributed by atoms with Crippen molar-refractivity contribution in [2.45, 2.75) is 13.3 Å². The van der Waals surface area contributed by atoms with Crippen molar-refractivity contribution in [3.8, 4) is 0 Å². The van der Waals surface area contributed by atoms with Crippen LogP contribution in [0.1, 0.15) is 12.6 Å². The van der Waals surface area contributed by atoms with E-state index in [1.807, 2.05) is 0 Å². The van der Waals surface area contributed by atoms with Crippen molar-refractivity contribution in [3.05, 3.63) is 23.0 Å². The zero-order valence-electron chi connectivity index (χ0n) is 7.79. The van der Waals surface area contributed by atoms with Crippen molar-refractivity contribution in [2.24, 2.45) is 0 Å². The van der Waals surface area contributed by atoms with Crippen LogP contribution in [0.25, 0.3) is 0 Å². The Morgan fingerprint density at radius 3 is 3.07 bits per heavy atom. The maximum absolute atomic E-state index is 11.1. The normalized spacial score (nSPS) is 9.86. The van der Waals surface area contributed by atoms with E-state index >= 15 is 0 Å². The Kier molecular flexibility index (Phi) is 3.71. The molecule has 0 spiro atoms. The standard InChI is InChI=1S/C9H11ClN2O2/c1-2-14-8(13)5-7-9(11)6(10)3-4-12-7/h3-4H,2,5,11H2,1H3. The molecule has 14 heavy (non-hydrogen) atoms. The van der Waals surface area contributed by atoms with Gasteiger partial charge in [0.15, 0.2) is 0 Å². The van der Waals surface area contributed by atoms with Gasteiger partial charge in [0.25, 0.3) is 0 Å². The lowest BCUT2D eigenvalue weighted by Gasteiger charge is -2.05. The predicted octanol–water partition coefficient (Wildman–Crippen LogP) is 1.42. The number of nitrogens with zero attached hydrogens (tertiary/aromatic N) is 1. The van der Waals surface area contributed by atoms with Gasteiger partial charge in [-0.2, -0.15) is 0 Å². The van der Waals surface area contributed by atoms with E-state index in [0.717, 1.165) is 0 Å². The largest absolute Gasteiger partial charge is 0.466 e. The van der Waals surface area contributed by atoms with E-state index in [9.17, 15) is 4.79 Å². The van der Waals surface area contributed by atoms with Crippen molar-refractivity contribution in [1.82, 2.24) is 4.98 Å². The van der Waals surface area contributed by atoms with Crippen LogP contribution in [0.4, 0.5) is 5.69 Å². The van der Waals surface area contributed by atoms with Gasteiger partial charge in [0.05, 0.1) is 29.4 Å². The number of pyridine rings is 1. The molecule has 0 fully saturated rings. The Bertz CT molecular complexity index is 342. The molecule has 1 aromatic heterocycles. The zero-order valence-corrected chi connectivity index (χ0v) is 8.54. The maximum Gasteiger partial charge on any atom is 0.311 e. The monoisotopic (exact) mass is 214 g/mol. The summed E-state index contributed by atoms with van der Waals surface area (Å²) in [6, 6.07) is 1.57. The number of hydrogen-bond acceptors (Lipinski definition) is 4. The molecule has 0 aliphatic carbocycles. The Labute approximate surface area is 87.0 Å². The molecule has 5 heteroatoms. The highest BCUT2D eigenvalue weighted by molar-refractivity contribution is 6.33. The molecule has 0 unspecified atom stereocenters. The number of carbonyl (C=O) groups is 1. The van der Waals surface area contributed by atoms with E-state index < -0.39 is 0 Å². The molecule has 0 saturated carbocycles. The number of carbonyl (C=O) groups excluding carboxylic acids is 1. The minimum Gasteiger partial charge on any atom is -0.466 e. The zero-order chi connectivity index (χ0) is 10.6. The first kappa shape index (κ1) is 10.8. The summed E-state index contributed by atoms with van der Waals surface area (Å²) in [6.45, 7) is 2.09. The van der Waals surface area contributed by atoms with Crippen molar-refractivity contribution in [1.29, 1.82) is 0 Å². The van der Waals surface area contributed by atoms with Crippen molar-refractivity contribution in [2.75, 3.05) is 12.3 Å². The third-order valence-electron chi connectivity index (χ3n) is 1.64. The van der Waals surface area contributed by atoms with E-state index in [-0.39, 0.29) is 12.4 Å². The fraction of sp³-hybridized carbons (Fsp3) is 0.333. The molecule has 0 amide bonds. The van der Waals surface area contributed by atoms with Gasteiger partial charge < -0.3 is 10.5 Å². The summed E-state index contributed by atoms with van der Waals surface area (Å²) in [4.78, 5) is 15.1. The highest BCUT2D eigenvalue weighted by Crippen LogP contribution is 2.20. The molecule has 76 valence electrons. The van der Waals surface area contributed by atoms with E-state index in [1.165, 1.54) is 6.20 Å². The average molecular weight is 215 g/mol. The summed E-state index contributed by atoms with van der Waals surface area (Å²) in [5.41, 5.74) is 6.41. The Morgan fingerprint density at radius 1 is 1.71 bits per heavy atom. The number of nitrogen functional groups attached to an aromatic ring is 1. The summed E-state index contributed by atoms with van der Waals surface area (Å²) in [6.07, 6.45) is 1.56. The number of aromatic nitrogens is 1. The number of halogens is 1. The van der Waals surface area contributed by atoms with Crippen molar-refractivity contribution in [3.63, 3.8) is 0 Å². The van der Waals surface area contributed by atoms with Crippen molar-refractivity contribution < 1.29 is 9.53 Å². The second-order valence-electron chi connectivity index (χ2n) is 2.63. The van der Waals surface area contributed by atoms with Crippen LogP contribution >= 0.6 is 11.6 Å². The molecule has 0 bridgehead atoms. The summed E-state index contributed by atoms with van der Waals surface area (Å²) < 4.78 is 4.76. The molecule has 0 saturated heterocycles. The van der Waals surface area contributed by atoms with Gasteiger partial charge in [0.1, 0.15) is 0 Å². The van der Waals surface area contributed by atoms with Crippen LogP contribution in [0.2, 0.25) is 5.02 Å². The van der Waals surface area contributed by atoms with Crippen LogP contribution in [0.3, 0.4) is 0 Å². The fourth-order valence-corrected chi connectivity index (χ4v) is 1.14. The van der Waals surface area contributed by atoms with E-state index in [4.69, 9.17) is 22.1 Å². The maximum atomic E-state index is 11.1. The SMILES string of the molecule is CCOC(=O)Cc1nccc(Cl)c1N. The third kappa shape index (κ3) is 2.60. The minimum absolute atomic E-state index is 0.0558. The molecule has 4 nitrogen and oxygen atoms in total. The molecule has 0 aromatic carbocycles. The van der Waals surface area contributed by atoms with Gasteiger partial charge in [-0.3, -0.25) is 9.78 Å².